The molecule has 0 atom stereocenters. The molecule has 2 aromatic rings. The smallest absolute Gasteiger partial charge is 0.217 e. The first kappa shape index (κ1) is 14.5. The Morgan fingerprint density at radius 3 is 2.60 bits per heavy atom. The van der Waals surface area contributed by atoms with Gasteiger partial charge in [0.05, 0.1) is 7.11 Å². The number of hydrogen-bond donors (Lipinski definition) is 1. The number of benzene rings is 1. The van der Waals surface area contributed by atoms with Crippen LogP contribution in [0.2, 0.25) is 0 Å². The minimum Gasteiger partial charge on any atom is -0.481 e. The Labute approximate surface area is 120 Å². The lowest BCUT2D eigenvalue weighted by Gasteiger charge is -2.22. The summed E-state index contributed by atoms with van der Waals surface area (Å²) >= 11 is 0. The van der Waals surface area contributed by atoms with Gasteiger partial charge in [0.2, 0.25) is 5.88 Å². The van der Waals surface area contributed by atoms with Gasteiger partial charge in [0.1, 0.15) is 0 Å². The zero-order valence-electron chi connectivity index (χ0n) is 11.8. The molecule has 1 aromatic carbocycles. The van der Waals surface area contributed by atoms with E-state index in [1.807, 2.05) is 18.2 Å². The summed E-state index contributed by atoms with van der Waals surface area (Å²) in [6.07, 6.45) is 1.74. The predicted octanol–water partition coefficient (Wildman–Crippen LogP) is 2.05. The Hall–Kier alpha value is -1.91. The molecule has 4 heteroatoms. The van der Waals surface area contributed by atoms with Crippen LogP contribution in [-0.4, -0.2) is 30.1 Å². The molecule has 0 radical (unpaired) electrons. The summed E-state index contributed by atoms with van der Waals surface area (Å²) in [7, 11) is 1.65. The lowest BCUT2D eigenvalue weighted by atomic mass is 10.2. The third-order valence-corrected chi connectivity index (χ3v) is 3.13. The fourth-order valence-electron chi connectivity index (χ4n) is 2.21. The molecule has 0 fully saturated rings. The highest BCUT2D eigenvalue weighted by atomic mass is 16.5. The van der Waals surface area contributed by atoms with Gasteiger partial charge in [-0.3, -0.25) is 4.90 Å². The van der Waals surface area contributed by atoms with Gasteiger partial charge in [0.15, 0.2) is 0 Å². The molecule has 0 saturated carbocycles. The first-order chi connectivity index (χ1) is 9.83. The summed E-state index contributed by atoms with van der Waals surface area (Å²) in [5.74, 6) is 0.683. The topological polar surface area (TPSA) is 51.4 Å². The van der Waals surface area contributed by atoms with E-state index in [0.717, 1.165) is 25.2 Å². The molecule has 1 heterocycles. The Morgan fingerprint density at radius 1 is 1.10 bits per heavy atom. The second-order valence-corrected chi connectivity index (χ2v) is 4.66. The minimum absolute atomic E-state index is 0.634. The van der Waals surface area contributed by atoms with Crippen molar-refractivity contribution in [2.24, 2.45) is 5.73 Å². The Morgan fingerprint density at radius 2 is 1.90 bits per heavy atom. The maximum absolute atomic E-state index is 5.72. The molecule has 0 saturated heterocycles. The Balaban J connectivity index is 2.09. The highest BCUT2D eigenvalue weighted by Gasteiger charge is 2.10. The largest absolute Gasteiger partial charge is 0.481 e. The van der Waals surface area contributed by atoms with Gasteiger partial charge in [-0.1, -0.05) is 36.4 Å². The van der Waals surface area contributed by atoms with E-state index in [1.165, 1.54) is 5.56 Å². The predicted molar refractivity (Wildman–Crippen MR) is 80.4 cm³/mol. The van der Waals surface area contributed by atoms with Crippen LogP contribution in [0.1, 0.15) is 11.1 Å². The molecule has 20 heavy (non-hydrogen) atoms. The zero-order valence-corrected chi connectivity index (χ0v) is 11.8. The van der Waals surface area contributed by atoms with Gasteiger partial charge in [-0.2, -0.15) is 0 Å². The number of hydrogen-bond acceptors (Lipinski definition) is 4. The average molecular weight is 271 g/mol. The van der Waals surface area contributed by atoms with Gasteiger partial charge in [0, 0.05) is 37.9 Å². The van der Waals surface area contributed by atoms with E-state index in [2.05, 4.69) is 34.1 Å². The van der Waals surface area contributed by atoms with E-state index in [4.69, 9.17) is 10.5 Å². The molecule has 106 valence electrons. The Bertz CT molecular complexity index is 516. The number of nitrogens with two attached hydrogens (primary N) is 1. The molecule has 0 aliphatic carbocycles. The second kappa shape index (κ2) is 7.62. The van der Waals surface area contributed by atoms with Gasteiger partial charge in [-0.25, -0.2) is 4.98 Å². The molecule has 0 aliphatic rings. The third-order valence-electron chi connectivity index (χ3n) is 3.13. The molecular weight excluding hydrogens is 250 g/mol. The van der Waals surface area contributed by atoms with E-state index < -0.39 is 0 Å². The van der Waals surface area contributed by atoms with E-state index in [1.54, 1.807) is 13.3 Å². The van der Waals surface area contributed by atoms with Crippen LogP contribution < -0.4 is 10.5 Å². The molecule has 4 nitrogen and oxygen atoms in total. The number of methoxy groups -OCH3 is 1. The van der Waals surface area contributed by atoms with E-state index in [0.29, 0.717) is 12.4 Å². The highest BCUT2D eigenvalue weighted by Crippen LogP contribution is 2.17. The van der Waals surface area contributed by atoms with Crippen LogP contribution in [-0.2, 0) is 13.1 Å². The SMILES string of the molecule is COc1ncccc1CN(CCN)Cc1ccccc1. The summed E-state index contributed by atoms with van der Waals surface area (Å²) in [6, 6.07) is 14.4. The monoisotopic (exact) mass is 271 g/mol. The summed E-state index contributed by atoms with van der Waals surface area (Å²) in [5.41, 5.74) is 8.08. The molecular formula is C16H21N3O. The lowest BCUT2D eigenvalue weighted by Crippen LogP contribution is -2.29. The first-order valence-electron chi connectivity index (χ1n) is 6.77. The standard InChI is InChI=1S/C16H21N3O/c1-20-16-15(8-5-10-18-16)13-19(11-9-17)12-14-6-3-2-4-7-14/h2-8,10H,9,11-13,17H2,1H3. The molecule has 0 bridgehead atoms. The molecule has 0 aliphatic heterocycles. The average Bonchev–Trinajstić information content (AvgIpc) is 2.49. The number of rotatable bonds is 7. The van der Waals surface area contributed by atoms with Crippen molar-refractivity contribution < 1.29 is 4.74 Å². The quantitative estimate of drug-likeness (QED) is 0.837. The number of aromatic nitrogens is 1. The third kappa shape index (κ3) is 4.05. The summed E-state index contributed by atoms with van der Waals surface area (Å²) in [5, 5.41) is 0. The Kier molecular flexibility index (Phi) is 5.53. The lowest BCUT2D eigenvalue weighted by molar-refractivity contribution is 0.258. The van der Waals surface area contributed by atoms with Gasteiger partial charge in [-0.05, 0) is 11.6 Å². The molecule has 2 rings (SSSR count). The van der Waals surface area contributed by atoms with E-state index in [9.17, 15) is 0 Å². The van der Waals surface area contributed by atoms with Crippen molar-refractivity contribution in [3.8, 4) is 5.88 Å². The number of pyridine rings is 1. The number of nitrogens with zero attached hydrogens (tertiary/aromatic N) is 2. The fraction of sp³-hybridized carbons (Fsp3) is 0.312. The number of ether oxygens (including phenoxy) is 1. The van der Waals surface area contributed by atoms with E-state index >= 15 is 0 Å². The molecule has 0 unspecified atom stereocenters. The van der Waals surface area contributed by atoms with E-state index in [-0.39, 0.29) is 0 Å². The van der Waals surface area contributed by atoms with Crippen LogP contribution in [0.3, 0.4) is 0 Å². The van der Waals surface area contributed by atoms with Crippen molar-refractivity contribution in [3.63, 3.8) is 0 Å². The van der Waals surface area contributed by atoms with Gasteiger partial charge < -0.3 is 10.5 Å². The molecule has 1 aromatic heterocycles. The van der Waals surface area contributed by atoms with Crippen LogP contribution in [0.5, 0.6) is 5.88 Å². The normalized spacial score (nSPS) is 10.8. The van der Waals surface area contributed by atoms with Crippen LogP contribution in [0.15, 0.2) is 48.7 Å². The van der Waals surface area contributed by atoms with Crippen LogP contribution in [0, 0.1) is 0 Å². The van der Waals surface area contributed by atoms with Gasteiger partial charge >= 0.3 is 0 Å². The summed E-state index contributed by atoms with van der Waals surface area (Å²) in [6.45, 7) is 3.13. The highest BCUT2D eigenvalue weighted by molar-refractivity contribution is 5.25. The maximum Gasteiger partial charge on any atom is 0.217 e. The van der Waals surface area contributed by atoms with Crippen molar-refractivity contribution >= 4 is 0 Å². The van der Waals surface area contributed by atoms with Crippen LogP contribution in [0.25, 0.3) is 0 Å². The van der Waals surface area contributed by atoms with Crippen molar-refractivity contribution in [2.75, 3.05) is 20.2 Å². The van der Waals surface area contributed by atoms with Gasteiger partial charge in [-0.15, -0.1) is 0 Å². The zero-order chi connectivity index (χ0) is 14.2. The van der Waals surface area contributed by atoms with Crippen molar-refractivity contribution in [3.05, 3.63) is 59.8 Å². The summed E-state index contributed by atoms with van der Waals surface area (Å²) < 4.78 is 5.31. The fourth-order valence-corrected chi connectivity index (χ4v) is 2.21. The van der Waals surface area contributed by atoms with Crippen molar-refractivity contribution in [1.29, 1.82) is 0 Å². The maximum atomic E-state index is 5.72. The molecule has 2 N–H and O–H groups in total. The minimum atomic E-state index is 0.634. The summed E-state index contributed by atoms with van der Waals surface area (Å²) in [4.78, 5) is 6.54. The van der Waals surface area contributed by atoms with Crippen LogP contribution >= 0.6 is 0 Å². The van der Waals surface area contributed by atoms with Gasteiger partial charge in [0.25, 0.3) is 0 Å². The van der Waals surface area contributed by atoms with Crippen molar-refractivity contribution in [2.45, 2.75) is 13.1 Å². The van der Waals surface area contributed by atoms with Crippen molar-refractivity contribution in [1.82, 2.24) is 9.88 Å². The van der Waals surface area contributed by atoms with Crippen LogP contribution in [0.4, 0.5) is 0 Å². The molecule has 0 spiro atoms. The molecule has 0 amide bonds. The first-order valence-corrected chi connectivity index (χ1v) is 6.77. The second-order valence-electron chi connectivity index (χ2n) is 4.66.